The van der Waals surface area contributed by atoms with Gasteiger partial charge < -0.3 is 16.3 Å². The number of amidine groups is 1. The van der Waals surface area contributed by atoms with Crippen molar-refractivity contribution < 1.29 is 36.3 Å². The van der Waals surface area contributed by atoms with E-state index < -0.39 is 46.8 Å². The normalized spacial score (nSPS) is 13.8. The largest absolute Gasteiger partial charge is 0.416 e. The van der Waals surface area contributed by atoms with Crippen molar-refractivity contribution in [2.24, 2.45) is 10.9 Å². The van der Waals surface area contributed by atoms with Gasteiger partial charge in [0.05, 0.1) is 22.9 Å². The van der Waals surface area contributed by atoms with Gasteiger partial charge in [0.1, 0.15) is 5.69 Å². The average molecular weight is 421 g/mol. The predicted octanol–water partition coefficient (Wildman–Crippen LogP) is 3.10. The molecule has 0 aliphatic carbocycles. The zero-order valence-electron chi connectivity index (χ0n) is 14.5. The van der Waals surface area contributed by atoms with E-state index >= 15 is 0 Å². The van der Waals surface area contributed by atoms with Crippen LogP contribution < -0.4 is 11.1 Å². The van der Waals surface area contributed by atoms with Crippen LogP contribution >= 0.6 is 0 Å². The van der Waals surface area contributed by atoms with Gasteiger partial charge in [-0.25, -0.2) is 4.98 Å². The zero-order chi connectivity index (χ0) is 22.0. The highest BCUT2D eigenvalue weighted by Crippen LogP contribution is 2.36. The second kappa shape index (κ2) is 7.93. The van der Waals surface area contributed by atoms with Crippen LogP contribution in [0.2, 0.25) is 0 Å². The molecule has 1 atom stereocenters. The first-order chi connectivity index (χ1) is 13.3. The van der Waals surface area contributed by atoms with Crippen LogP contribution in [0.5, 0.6) is 0 Å². The maximum Gasteiger partial charge on any atom is 0.416 e. The summed E-state index contributed by atoms with van der Waals surface area (Å²) in [6.07, 6.45) is -7.77. The summed E-state index contributed by atoms with van der Waals surface area (Å²) in [5.41, 5.74) is 1.21. The molecule has 0 bridgehead atoms. The van der Waals surface area contributed by atoms with Crippen molar-refractivity contribution in [3.05, 3.63) is 58.7 Å². The minimum Gasteiger partial charge on any atom is -0.409 e. The third kappa shape index (κ3) is 5.12. The minimum atomic E-state index is -5.09. The number of nitrogens with zero attached hydrogens (tertiary/aromatic N) is 3. The lowest BCUT2D eigenvalue weighted by atomic mass is 10.0. The summed E-state index contributed by atoms with van der Waals surface area (Å²) >= 11 is 0. The zero-order valence-corrected chi connectivity index (χ0v) is 14.5. The van der Waals surface area contributed by atoms with Gasteiger partial charge in [0.25, 0.3) is 5.91 Å². The van der Waals surface area contributed by atoms with E-state index in [1.807, 2.05) is 0 Å². The second-order valence-corrected chi connectivity index (χ2v) is 5.77. The van der Waals surface area contributed by atoms with E-state index in [0.29, 0.717) is 12.1 Å². The van der Waals surface area contributed by atoms with Gasteiger partial charge in [0.15, 0.2) is 5.84 Å². The number of oxime groups is 1. The van der Waals surface area contributed by atoms with Gasteiger partial charge in [0.2, 0.25) is 0 Å². The molecule has 1 aromatic heterocycles. The lowest BCUT2D eigenvalue weighted by Gasteiger charge is -2.17. The number of benzene rings is 1. The molecule has 156 valence electrons. The van der Waals surface area contributed by atoms with Gasteiger partial charge >= 0.3 is 12.4 Å². The number of nitrogens with two attached hydrogens (primary N) is 1. The van der Waals surface area contributed by atoms with E-state index in [1.54, 1.807) is 0 Å². The topological polar surface area (TPSA) is 113 Å². The van der Waals surface area contributed by atoms with Crippen molar-refractivity contribution in [3.8, 4) is 0 Å². The monoisotopic (exact) mass is 421 g/mol. The van der Waals surface area contributed by atoms with Crippen molar-refractivity contribution in [1.82, 2.24) is 15.3 Å². The number of nitrogens with one attached hydrogen (secondary N) is 1. The molecule has 2 rings (SSSR count). The van der Waals surface area contributed by atoms with Crippen LogP contribution in [0, 0.1) is 0 Å². The summed E-state index contributed by atoms with van der Waals surface area (Å²) < 4.78 is 77.6. The van der Waals surface area contributed by atoms with Crippen molar-refractivity contribution >= 4 is 11.7 Å². The highest BCUT2D eigenvalue weighted by Gasteiger charge is 2.37. The Hall–Kier alpha value is -3.38. The molecule has 0 saturated carbocycles. The highest BCUT2D eigenvalue weighted by atomic mass is 19.4. The number of aromatic nitrogens is 2. The number of hydrogen-bond donors (Lipinski definition) is 3. The van der Waals surface area contributed by atoms with E-state index in [9.17, 15) is 31.1 Å². The molecule has 2 aromatic rings. The molecule has 0 saturated heterocycles. The van der Waals surface area contributed by atoms with Crippen molar-refractivity contribution in [1.29, 1.82) is 0 Å². The highest BCUT2D eigenvalue weighted by molar-refractivity contribution is 5.97. The number of halogens is 6. The van der Waals surface area contributed by atoms with Crippen LogP contribution in [0.4, 0.5) is 26.3 Å². The van der Waals surface area contributed by atoms with Gasteiger partial charge in [-0.1, -0.05) is 5.16 Å². The molecule has 1 aromatic carbocycles. The smallest absolute Gasteiger partial charge is 0.409 e. The van der Waals surface area contributed by atoms with Gasteiger partial charge in [0, 0.05) is 18.0 Å². The first-order valence-electron chi connectivity index (χ1n) is 7.73. The number of carbonyl (C=O) groups is 1. The van der Waals surface area contributed by atoms with Crippen molar-refractivity contribution in [2.75, 3.05) is 0 Å². The van der Waals surface area contributed by atoms with Gasteiger partial charge in [-0.05, 0) is 25.1 Å². The van der Waals surface area contributed by atoms with Crippen LogP contribution in [-0.4, -0.2) is 26.9 Å². The Bertz CT molecular complexity index is 910. The molecule has 13 heteroatoms. The lowest BCUT2D eigenvalue weighted by Crippen LogP contribution is -2.30. The fourth-order valence-electron chi connectivity index (χ4n) is 2.34. The summed E-state index contributed by atoms with van der Waals surface area (Å²) in [6.45, 7) is 1.34. The van der Waals surface area contributed by atoms with Crippen LogP contribution in [0.1, 0.15) is 45.8 Å². The fraction of sp³-hybridized carbons (Fsp3) is 0.250. The summed E-state index contributed by atoms with van der Waals surface area (Å²) in [6, 6.07) is -0.522. The third-order valence-corrected chi connectivity index (χ3v) is 3.68. The number of rotatable bonds is 4. The molecule has 4 N–H and O–H groups in total. The number of alkyl halides is 6. The van der Waals surface area contributed by atoms with Crippen LogP contribution in [0.15, 0.2) is 35.7 Å². The Kier molecular flexibility index (Phi) is 5.99. The molecule has 7 nitrogen and oxygen atoms in total. The molecule has 0 aliphatic heterocycles. The van der Waals surface area contributed by atoms with Crippen molar-refractivity contribution in [2.45, 2.75) is 25.3 Å². The maximum absolute atomic E-state index is 12.9. The second-order valence-electron chi connectivity index (χ2n) is 5.77. The van der Waals surface area contributed by atoms with Gasteiger partial charge in [-0.2, -0.15) is 26.3 Å². The molecule has 0 fully saturated rings. The Balaban J connectivity index is 2.41. The molecular formula is C16H13F6N5O2. The van der Waals surface area contributed by atoms with Crippen LogP contribution in [-0.2, 0) is 12.4 Å². The standard InChI is InChI=1S/C16H13F6N5O2/c1-7(11-12(13(23)27-29)25-3-2-24-11)26-14(28)8-4-9(15(17,18)19)6-10(5-8)16(20,21)22/h2-7,29H,1H3,(H2,23,27)(H,26,28). The van der Waals surface area contributed by atoms with E-state index in [2.05, 4.69) is 20.4 Å². The number of carbonyl (C=O) groups excluding carboxylic acids is 1. The molecule has 1 unspecified atom stereocenters. The molecule has 0 aliphatic rings. The first-order valence-corrected chi connectivity index (χ1v) is 7.73. The van der Waals surface area contributed by atoms with E-state index in [-0.39, 0.29) is 17.5 Å². The molecule has 0 spiro atoms. The molecule has 0 radical (unpaired) electrons. The first kappa shape index (κ1) is 21.9. The summed E-state index contributed by atoms with van der Waals surface area (Å²) in [7, 11) is 0. The fourth-order valence-corrected chi connectivity index (χ4v) is 2.34. The lowest BCUT2D eigenvalue weighted by molar-refractivity contribution is -0.143. The predicted molar refractivity (Wildman–Crippen MR) is 86.9 cm³/mol. The number of hydrogen-bond acceptors (Lipinski definition) is 5. The Morgan fingerprint density at radius 2 is 1.59 bits per heavy atom. The third-order valence-electron chi connectivity index (χ3n) is 3.68. The average Bonchev–Trinajstić information content (AvgIpc) is 2.65. The van der Waals surface area contributed by atoms with E-state index in [4.69, 9.17) is 10.9 Å². The number of amides is 1. The quantitative estimate of drug-likeness (QED) is 0.231. The minimum absolute atomic E-state index is 0.0147. The van der Waals surface area contributed by atoms with Gasteiger partial charge in [-0.3, -0.25) is 9.78 Å². The summed E-state index contributed by atoms with van der Waals surface area (Å²) in [4.78, 5) is 20.0. The SMILES string of the molecule is CC(NC(=O)c1cc(C(F)(F)F)cc(C(F)(F)F)c1)c1nccnc1C(N)=NO. The van der Waals surface area contributed by atoms with Gasteiger partial charge in [-0.15, -0.1) is 0 Å². The van der Waals surface area contributed by atoms with E-state index in [1.165, 1.54) is 19.3 Å². The van der Waals surface area contributed by atoms with Crippen LogP contribution in [0.25, 0.3) is 0 Å². The molecule has 1 heterocycles. The molecule has 29 heavy (non-hydrogen) atoms. The summed E-state index contributed by atoms with van der Waals surface area (Å²) in [5.74, 6) is -1.67. The summed E-state index contributed by atoms with van der Waals surface area (Å²) in [5, 5.41) is 13.7. The molecular weight excluding hydrogens is 408 g/mol. The molecule has 1 amide bonds. The van der Waals surface area contributed by atoms with Crippen molar-refractivity contribution in [3.63, 3.8) is 0 Å². The van der Waals surface area contributed by atoms with E-state index in [0.717, 1.165) is 0 Å². The van der Waals surface area contributed by atoms with Crippen LogP contribution in [0.3, 0.4) is 0 Å². The Morgan fingerprint density at radius 1 is 1.07 bits per heavy atom. The Labute approximate surface area is 159 Å². The maximum atomic E-state index is 12.9. The Morgan fingerprint density at radius 3 is 2.07 bits per heavy atom.